The van der Waals surface area contributed by atoms with Gasteiger partial charge in [0.05, 0.1) is 5.75 Å². The first kappa shape index (κ1) is 19.6. The predicted molar refractivity (Wildman–Crippen MR) is 115 cm³/mol. The summed E-state index contributed by atoms with van der Waals surface area (Å²) in [6, 6.07) is 15.9. The van der Waals surface area contributed by atoms with Crippen LogP contribution in [0.4, 0.5) is 0 Å². The van der Waals surface area contributed by atoms with Crippen molar-refractivity contribution in [3.8, 4) is 28.6 Å². The Labute approximate surface area is 183 Å². The number of aromatic nitrogens is 7. The van der Waals surface area contributed by atoms with Gasteiger partial charge in [-0.3, -0.25) is 4.57 Å². The Kier molecular flexibility index (Phi) is 5.53. The molecule has 0 bridgehead atoms. The Bertz CT molecular complexity index is 1180. The van der Waals surface area contributed by atoms with E-state index in [-0.39, 0.29) is 6.79 Å². The summed E-state index contributed by atoms with van der Waals surface area (Å²) >= 11 is 1.56. The number of tetrazole rings is 1. The van der Waals surface area contributed by atoms with Gasteiger partial charge in [-0.25, -0.2) is 4.68 Å². The molecule has 5 rings (SSSR count). The first-order valence-corrected chi connectivity index (χ1v) is 11.1. The molecular formula is C21H21N7O2S. The summed E-state index contributed by atoms with van der Waals surface area (Å²) in [4.78, 5) is 0. The van der Waals surface area contributed by atoms with Crippen LogP contribution in [0.3, 0.4) is 0 Å². The van der Waals surface area contributed by atoms with Gasteiger partial charge in [0.15, 0.2) is 28.3 Å². The van der Waals surface area contributed by atoms with Gasteiger partial charge in [-0.15, -0.1) is 15.3 Å². The summed E-state index contributed by atoms with van der Waals surface area (Å²) in [6.07, 6.45) is 2.13. The fraction of sp³-hybridized carbons (Fsp3) is 0.286. The summed E-state index contributed by atoms with van der Waals surface area (Å²) in [6.45, 7) is 3.20. The maximum Gasteiger partial charge on any atom is 0.231 e. The van der Waals surface area contributed by atoms with Gasteiger partial charge in [-0.05, 0) is 47.2 Å². The van der Waals surface area contributed by atoms with E-state index < -0.39 is 0 Å². The van der Waals surface area contributed by atoms with E-state index in [4.69, 9.17) is 9.47 Å². The molecule has 0 spiro atoms. The second kappa shape index (κ2) is 8.76. The Hall–Kier alpha value is -3.40. The molecule has 1 aliphatic heterocycles. The molecule has 0 atom stereocenters. The highest BCUT2D eigenvalue weighted by atomic mass is 32.2. The third kappa shape index (κ3) is 3.98. The zero-order valence-electron chi connectivity index (χ0n) is 17.0. The van der Waals surface area contributed by atoms with Crippen LogP contribution in [0.5, 0.6) is 11.5 Å². The number of hydrogen-bond donors (Lipinski definition) is 0. The van der Waals surface area contributed by atoms with Gasteiger partial charge >= 0.3 is 0 Å². The number of hydrogen-bond acceptors (Lipinski definition) is 8. The van der Waals surface area contributed by atoms with Crippen LogP contribution in [0.25, 0.3) is 17.1 Å². The van der Waals surface area contributed by atoms with E-state index in [2.05, 4.69) is 32.6 Å². The molecule has 0 fully saturated rings. The van der Waals surface area contributed by atoms with Crippen molar-refractivity contribution < 1.29 is 9.47 Å². The minimum Gasteiger partial charge on any atom is -0.454 e. The number of unbranched alkanes of at least 4 members (excludes halogenated alkanes) is 1. The number of ether oxygens (including phenoxy) is 2. The Balaban J connectivity index is 1.48. The summed E-state index contributed by atoms with van der Waals surface area (Å²) in [7, 11) is 0. The highest BCUT2D eigenvalue weighted by molar-refractivity contribution is 7.98. The average molecular weight is 436 g/mol. The monoisotopic (exact) mass is 435 g/mol. The van der Waals surface area contributed by atoms with Crippen molar-refractivity contribution in [1.82, 2.24) is 35.0 Å². The third-order valence-corrected chi connectivity index (χ3v) is 5.86. The van der Waals surface area contributed by atoms with Crippen LogP contribution >= 0.6 is 11.8 Å². The number of fused-ring (bicyclic) bond motifs is 1. The second-order valence-electron chi connectivity index (χ2n) is 7.01. The molecule has 4 aromatic rings. The number of para-hydroxylation sites is 1. The highest BCUT2D eigenvalue weighted by Crippen LogP contribution is 2.37. The quantitative estimate of drug-likeness (QED) is 0.387. The molecular weight excluding hydrogens is 414 g/mol. The topological polar surface area (TPSA) is 92.8 Å². The van der Waals surface area contributed by atoms with Crippen LogP contribution in [-0.4, -0.2) is 41.8 Å². The van der Waals surface area contributed by atoms with E-state index in [1.165, 1.54) is 0 Å². The molecule has 0 saturated heterocycles. The molecule has 3 heterocycles. The minimum atomic E-state index is 0.234. The van der Waals surface area contributed by atoms with Gasteiger partial charge in [0.2, 0.25) is 6.79 Å². The first-order valence-electron chi connectivity index (χ1n) is 10.1. The second-order valence-corrected chi connectivity index (χ2v) is 7.95. The SMILES string of the molecule is CCCCn1nnnc1CSc1nnc(-c2ccc3c(c2)OCO3)n1-c1ccccc1. The van der Waals surface area contributed by atoms with Crippen molar-refractivity contribution in [1.29, 1.82) is 0 Å². The minimum absolute atomic E-state index is 0.234. The van der Waals surface area contributed by atoms with Crippen molar-refractivity contribution in [2.24, 2.45) is 0 Å². The standard InChI is InChI=1S/C21H21N7O2S/c1-2-3-11-27-19(22-25-26-27)13-31-21-24-23-20(28(21)16-7-5-4-6-8-16)15-9-10-17-18(12-15)30-14-29-17/h4-10,12H,2-3,11,13-14H2,1H3. The molecule has 1 aliphatic rings. The first-order chi connectivity index (χ1) is 15.3. The van der Waals surface area contributed by atoms with Gasteiger partial charge in [0.25, 0.3) is 0 Å². The van der Waals surface area contributed by atoms with E-state index >= 15 is 0 Å². The van der Waals surface area contributed by atoms with Gasteiger partial charge in [0.1, 0.15) is 0 Å². The van der Waals surface area contributed by atoms with E-state index in [1.807, 2.05) is 57.8 Å². The summed E-state index contributed by atoms with van der Waals surface area (Å²) in [5.74, 6) is 3.61. The fourth-order valence-corrected chi connectivity index (χ4v) is 4.22. The summed E-state index contributed by atoms with van der Waals surface area (Å²) in [5, 5.41) is 21.9. The molecule has 2 aromatic heterocycles. The summed E-state index contributed by atoms with van der Waals surface area (Å²) in [5.41, 5.74) is 1.88. The fourth-order valence-electron chi connectivity index (χ4n) is 3.33. The van der Waals surface area contributed by atoms with Gasteiger partial charge in [0, 0.05) is 17.8 Å². The van der Waals surface area contributed by atoms with Crippen LogP contribution in [0, 0.1) is 0 Å². The lowest BCUT2D eigenvalue weighted by molar-refractivity contribution is 0.174. The third-order valence-electron chi connectivity index (χ3n) is 4.94. The van der Waals surface area contributed by atoms with Crippen molar-refractivity contribution >= 4 is 11.8 Å². The zero-order valence-corrected chi connectivity index (χ0v) is 17.8. The molecule has 0 radical (unpaired) electrons. The van der Waals surface area contributed by atoms with Gasteiger partial charge < -0.3 is 9.47 Å². The van der Waals surface area contributed by atoms with Crippen LogP contribution in [-0.2, 0) is 12.3 Å². The van der Waals surface area contributed by atoms with Crippen LogP contribution in [0.15, 0.2) is 53.7 Å². The van der Waals surface area contributed by atoms with Crippen LogP contribution in [0.1, 0.15) is 25.6 Å². The Morgan fingerprint density at radius 2 is 1.87 bits per heavy atom. The largest absolute Gasteiger partial charge is 0.454 e. The maximum absolute atomic E-state index is 5.55. The lowest BCUT2D eigenvalue weighted by Crippen LogP contribution is -2.05. The van der Waals surface area contributed by atoms with Crippen LogP contribution in [0.2, 0.25) is 0 Å². The van der Waals surface area contributed by atoms with Crippen molar-refractivity contribution in [3.05, 3.63) is 54.4 Å². The number of benzene rings is 2. The molecule has 0 unspecified atom stereocenters. The van der Waals surface area contributed by atoms with Crippen molar-refractivity contribution in [2.75, 3.05) is 6.79 Å². The molecule has 0 N–H and O–H groups in total. The zero-order chi connectivity index (χ0) is 21.0. The number of rotatable bonds is 8. The van der Waals surface area contributed by atoms with E-state index in [1.54, 1.807) is 11.8 Å². The molecule has 10 heteroatoms. The van der Waals surface area contributed by atoms with E-state index in [0.29, 0.717) is 11.5 Å². The lowest BCUT2D eigenvalue weighted by atomic mass is 10.2. The molecule has 9 nitrogen and oxygen atoms in total. The molecule has 0 saturated carbocycles. The average Bonchev–Trinajstić information content (AvgIpc) is 3.55. The molecule has 0 amide bonds. The van der Waals surface area contributed by atoms with Crippen molar-refractivity contribution in [3.63, 3.8) is 0 Å². The molecule has 0 aliphatic carbocycles. The van der Waals surface area contributed by atoms with Gasteiger partial charge in [-0.2, -0.15) is 0 Å². The molecule has 158 valence electrons. The maximum atomic E-state index is 5.55. The normalized spacial score (nSPS) is 12.4. The Morgan fingerprint density at radius 1 is 1.00 bits per heavy atom. The van der Waals surface area contributed by atoms with E-state index in [9.17, 15) is 0 Å². The molecule has 2 aromatic carbocycles. The number of aryl methyl sites for hydroxylation is 1. The van der Waals surface area contributed by atoms with Crippen LogP contribution < -0.4 is 9.47 Å². The van der Waals surface area contributed by atoms with Crippen molar-refractivity contribution in [2.45, 2.75) is 37.2 Å². The van der Waals surface area contributed by atoms with Gasteiger partial charge in [-0.1, -0.05) is 43.3 Å². The number of nitrogens with zero attached hydrogens (tertiary/aromatic N) is 7. The Morgan fingerprint density at radius 3 is 2.74 bits per heavy atom. The number of thioether (sulfide) groups is 1. The molecule has 31 heavy (non-hydrogen) atoms. The lowest BCUT2D eigenvalue weighted by Gasteiger charge is -2.10. The smallest absolute Gasteiger partial charge is 0.231 e. The summed E-state index contributed by atoms with van der Waals surface area (Å²) < 4.78 is 14.9. The van der Waals surface area contributed by atoms with E-state index in [0.717, 1.165) is 53.2 Å². The predicted octanol–water partition coefficient (Wildman–Crippen LogP) is 3.74. The highest BCUT2D eigenvalue weighted by Gasteiger charge is 2.20.